The van der Waals surface area contributed by atoms with Crippen LogP contribution in [-0.4, -0.2) is 28.6 Å². The van der Waals surface area contributed by atoms with Crippen LogP contribution in [0.2, 0.25) is 0 Å². The van der Waals surface area contributed by atoms with E-state index in [1.165, 1.54) is 6.08 Å². The highest BCUT2D eigenvalue weighted by Crippen LogP contribution is 2.12. The predicted octanol–water partition coefficient (Wildman–Crippen LogP) is 2.38. The third kappa shape index (κ3) is 4.13. The van der Waals surface area contributed by atoms with Gasteiger partial charge in [-0.05, 0) is 31.1 Å². The minimum atomic E-state index is -0.183. The molecule has 0 fully saturated rings. The molecule has 0 aliphatic heterocycles. The van der Waals surface area contributed by atoms with Gasteiger partial charge in [0.2, 0.25) is 5.91 Å². The monoisotopic (exact) mass is 284 g/mol. The fourth-order valence-corrected chi connectivity index (χ4v) is 1.91. The van der Waals surface area contributed by atoms with Crippen LogP contribution in [0, 0.1) is 5.92 Å². The first-order valence-electron chi connectivity index (χ1n) is 7.05. The van der Waals surface area contributed by atoms with Crippen molar-refractivity contribution in [2.75, 3.05) is 6.61 Å². The van der Waals surface area contributed by atoms with E-state index in [0.29, 0.717) is 0 Å². The fourth-order valence-electron chi connectivity index (χ4n) is 1.91. The number of aliphatic hydroxyl groups is 1. The topological polar surface area (TPSA) is 62.2 Å². The van der Waals surface area contributed by atoms with Gasteiger partial charge >= 0.3 is 0 Å². The molecule has 0 saturated heterocycles. The maximum atomic E-state index is 11.8. The first-order valence-corrected chi connectivity index (χ1v) is 7.05. The van der Waals surface area contributed by atoms with Crippen LogP contribution in [0.1, 0.15) is 19.5 Å². The van der Waals surface area contributed by atoms with E-state index in [0.717, 1.165) is 16.6 Å². The Morgan fingerprint density at radius 2 is 2.05 bits per heavy atom. The van der Waals surface area contributed by atoms with Gasteiger partial charge in [0.1, 0.15) is 0 Å². The lowest BCUT2D eigenvalue weighted by Gasteiger charge is -2.17. The van der Waals surface area contributed by atoms with Crippen molar-refractivity contribution >= 4 is 22.9 Å². The Kier molecular flexibility index (Phi) is 5.06. The second-order valence-corrected chi connectivity index (χ2v) is 5.22. The molecule has 2 atom stereocenters. The minimum Gasteiger partial charge on any atom is -0.396 e. The Morgan fingerprint density at radius 3 is 2.81 bits per heavy atom. The largest absolute Gasteiger partial charge is 0.396 e. The number of nitrogens with zero attached hydrogens (tertiary/aromatic N) is 1. The molecule has 4 heteroatoms. The molecule has 1 heterocycles. The number of hydrogen-bond donors (Lipinski definition) is 2. The highest BCUT2D eigenvalue weighted by molar-refractivity contribution is 5.92. The van der Waals surface area contributed by atoms with Gasteiger partial charge in [0.05, 0.1) is 11.2 Å². The zero-order valence-electron chi connectivity index (χ0n) is 12.3. The smallest absolute Gasteiger partial charge is 0.244 e. The van der Waals surface area contributed by atoms with Crippen molar-refractivity contribution in [2.24, 2.45) is 5.92 Å². The van der Waals surface area contributed by atoms with Crippen molar-refractivity contribution in [2.45, 2.75) is 19.9 Å². The average molecular weight is 284 g/mol. The number of aliphatic hydroxyl groups excluding tert-OH is 1. The molecule has 110 valence electrons. The van der Waals surface area contributed by atoms with Crippen LogP contribution < -0.4 is 5.32 Å². The number of pyridine rings is 1. The molecule has 0 aliphatic rings. The highest BCUT2D eigenvalue weighted by atomic mass is 16.3. The zero-order valence-corrected chi connectivity index (χ0v) is 12.3. The van der Waals surface area contributed by atoms with Crippen molar-refractivity contribution in [3.8, 4) is 0 Å². The number of benzene rings is 1. The Balaban J connectivity index is 2.03. The molecule has 0 spiro atoms. The van der Waals surface area contributed by atoms with Crippen LogP contribution in [0.5, 0.6) is 0 Å². The SMILES string of the molecule is CC(CO)C(C)NC(=O)/C=C/c1ccc2ccccc2n1. The molecule has 4 nitrogen and oxygen atoms in total. The number of amides is 1. The lowest BCUT2D eigenvalue weighted by atomic mass is 10.1. The number of nitrogens with one attached hydrogen (secondary N) is 1. The number of rotatable bonds is 5. The summed E-state index contributed by atoms with van der Waals surface area (Å²) in [5.41, 5.74) is 1.65. The van der Waals surface area contributed by atoms with Gasteiger partial charge in [-0.3, -0.25) is 4.79 Å². The normalized spacial score (nSPS) is 14.2. The minimum absolute atomic E-state index is 0.0288. The number of carbonyl (C=O) groups is 1. The summed E-state index contributed by atoms with van der Waals surface area (Å²) in [5, 5.41) is 12.9. The van der Waals surface area contributed by atoms with Gasteiger partial charge in [0.15, 0.2) is 0 Å². The van der Waals surface area contributed by atoms with E-state index in [1.54, 1.807) is 6.08 Å². The summed E-state index contributed by atoms with van der Waals surface area (Å²) < 4.78 is 0. The summed E-state index contributed by atoms with van der Waals surface area (Å²) in [5.74, 6) is -0.154. The average Bonchev–Trinajstić information content (AvgIpc) is 2.51. The van der Waals surface area contributed by atoms with Crippen LogP contribution in [0.25, 0.3) is 17.0 Å². The van der Waals surface area contributed by atoms with Crippen LogP contribution in [-0.2, 0) is 4.79 Å². The fraction of sp³-hybridized carbons (Fsp3) is 0.294. The number of para-hydroxylation sites is 1. The third-order valence-electron chi connectivity index (χ3n) is 3.54. The van der Waals surface area contributed by atoms with Crippen LogP contribution in [0.15, 0.2) is 42.5 Å². The summed E-state index contributed by atoms with van der Waals surface area (Å²) in [6.45, 7) is 3.82. The molecule has 0 saturated carbocycles. The Labute approximate surface area is 124 Å². The summed E-state index contributed by atoms with van der Waals surface area (Å²) in [7, 11) is 0. The number of carbonyl (C=O) groups excluding carboxylic acids is 1. The summed E-state index contributed by atoms with van der Waals surface area (Å²) in [6.07, 6.45) is 3.16. The second-order valence-electron chi connectivity index (χ2n) is 5.22. The van der Waals surface area contributed by atoms with Gasteiger partial charge in [-0.15, -0.1) is 0 Å². The first-order chi connectivity index (χ1) is 10.1. The van der Waals surface area contributed by atoms with Gasteiger partial charge in [0, 0.05) is 24.1 Å². The van der Waals surface area contributed by atoms with Gasteiger partial charge < -0.3 is 10.4 Å². The molecule has 0 aliphatic carbocycles. The van der Waals surface area contributed by atoms with Gasteiger partial charge in [-0.25, -0.2) is 4.98 Å². The maximum Gasteiger partial charge on any atom is 0.244 e. The number of hydrogen-bond acceptors (Lipinski definition) is 3. The van der Waals surface area contributed by atoms with Crippen LogP contribution >= 0.6 is 0 Å². The molecular weight excluding hydrogens is 264 g/mol. The Hall–Kier alpha value is -2.20. The molecule has 1 aromatic heterocycles. The molecule has 2 unspecified atom stereocenters. The molecule has 1 aromatic carbocycles. The number of fused-ring (bicyclic) bond motifs is 1. The quantitative estimate of drug-likeness (QED) is 0.829. The lowest BCUT2D eigenvalue weighted by molar-refractivity contribution is -0.117. The van der Waals surface area contributed by atoms with Crippen molar-refractivity contribution < 1.29 is 9.90 Å². The maximum absolute atomic E-state index is 11.8. The van der Waals surface area contributed by atoms with E-state index in [9.17, 15) is 4.79 Å². The standard InChI is InChI=1S/C17H20N2O2/c1-12(11-20)13(2)18-17(21)10-9-15-8-7-14-5-3-4-6-16(14)19-15/h3-10,12-13,20H,11H2,1-2H3,(H,18,21)/b10-9+. The molecule has 0 radical (unpaired) electrons. The predicted molar refractivity (Wildman–Crippen MR) is 84.6 cm³/mol. The van der Waals surface area contributed by atoms with Gasteiger partial charge in [-0.2, -0.15) is 0 Å². The molecule has 2 rings (SSSR count). The van der Waals surface area contributed by atoms with E-state index < -0.39 is 0 Å². The van der Waals surface area contributed by atoms with Crippen molar-refractivity contribution in [1.29, 1.82) is 0 Å². The zero-order chi connectivity index (χ0) is 15.2. The van der Waals surface area contributed by atoms with E-state index in [1.807, 2.05) is 50.2 Å². The van der Waals surface area contributed by atoms with Crippen molar-refractivity contribution in [3.63, 3.8) is 0 Å². The van der Waals surface area contributed by atoms with E-state index in [2.05, 4.69) is 10.3 Å². The Bertz CT molecular complexity index is 652. The first kappa shape index (κ1) is 15.2. The molecule has 2 aromatic rings. The summed E-state index contributed by atoms with van der Waals surface area (Å²) in [6, 6.07) is 11.6. The summed E-state index contributed by atoms with van der Waals surface area (Å²) in [4.78, 5) is 16.3. The molecule has 2 N–H and O–H groups in total. The second kappa shape index (κ2) is 6.99. The van der Waals surface area contributed by atoms with E-state index in [4.69, 9.17) is 5.11 Å². The highest BCUT2D eigenvalue weighted by Gasteiger charge is 2.12. The molecular formula is C17H20N2O2. The van der Waals surface area contributed by atoms with Crippen molar-refractivity contribution in [3.05, 3.63) is 48.2 Å². The number of aromatic nitrogens is 1. The Morgan fingerprint density at radius 1 is 1.29 bits per heavy atom. The van der Waals surface area contributed by atoms with Crippen molar-refractivity contribution in [1.82, 2.24) is 10.3 Å². The third-order valence-corrected chi connectivity index (χ3v) is 3.54. The van der Waals surface area contributed by atoms with Gasteiger partial charge in [-0.1, -0.05) is 31.2 Å². The van der Waals surface area contributed by atoms with Gasteiger partial charge in [0.25, 0.3) is 0 Å². The lowest BCUT2D eigenvalue weighted by Crippen LogP contribution is -2.37. The molecule has 0 bridgehead atoms. The van der Waals surface area contributed by atoms with E-state index in [-0.39, 0.29) is 24.5 Å². The van der Waals surface area contributed by atoms with Crippen LogP contribution in [0.4, 0.5) is 0 Å². The summed E-state index contributed by atoms with van der Waals surface area (Å²) >= 11 is 0. The van der Waals surface area contributed by atoms with E-state index >= 15 is 0 Å². The molecule has 21 heavy (non-hydrogen) atoms. The van der Waals surface area contributed by atoms with Crippen LogP contribution in [0.3, 0.4) is 0 Å². The molecule has 1 amide bonds.